The summed E-state index contributed by atoms with van der Waals surface area (Å²) in [5.41, 5.74) is 1.21. The summed E-state index contributed by atoms with van der Waals surface area (Å²) in [6, 6.07) is 9.92. The summed E-state index contributed by atoms with van der Waals surface area (Å²) >= 11 is 0. The molecular formula is C15H19NO2. The fourth-order valence-electron chi connectivity index (χ4n) is 3.71. The number of carbonyl (C=O) groups is 1. The number of hydrogen-bond donors (Lipinski definition) is 1. The molecule has 1 aliphatic carbocycles. The highest BCUT2D eigenvalue weighted by molar-refractivity contribution is 5.74. The van der Waals surface area contributed by atoms with Gasteiger partial charge in [-0.15, -0.1) is 0 Å². The standard InChI is InChI=1S/C15H19NO2/c17-15(18)14-13-8-4-7-12(13)10-16(14)9-11-5-2-1-3-6-11/h1-3,5-6,12-14H,4,7-10H2,(H,17,18). The van der Waals surface area contributed by atoms with Crippen LogP contribution in [-0.2, 0) is 11.3 Å². The number of likely N-dealkylation sites (tertiary alicyclic amines) is 1. The predicted molar refractivity (Wildman–Crippen MR) is 69.1 cm³/mol. The zero-order valence-corrected chi connectivity index (χ0v) is 10.5. The second kappa shape index (κ2) is 4.73. The van der Waals surface area contributed by atoms with Gasteiger partial charge in [0.25, 0.3) is 0 Å². The van der Waals surface area contributed by atoms with Gasteiger partial charge in [-0.2, -0.15) is 0 Å². The second-order valence-corrected chi connectivity index (χ2v) is 5.55. The molecule has 3 heteroatoms. The van der Waals surface area contributed by atoms with Gasteiger partial charge in [-0.1, -0.05) is 36.8 Å². The molecule has 3 rings (SSSR count). The summed E-state index contributed by atoms with van der Waals surface area (Å²) in [5, 5.41) is 9.47. The summed E-state index contributed by atoms with van der Waals surface area (Å²) in [4.78, 5) is 13.7. The van der Waals surface area contributed by atoms with Crippen molar-refractivity contribution in [1.29, 1.82) is 0 Å². The number of carboxylic acid groups (broad SMARTS) is 1. The normalized spacial score (nSPS) is 31.4. The van der Waals surface area contributed by atoms with Crippen LogP contribution in [0.3, 0.4) is 0 Å². The number of benzene rings is 1. The molecule has 96 valence electrons. The lowest BCUT2D eigenvalue weighted by atomic mass is 9.94. The van der Waals surface area contributed by atoms with Gasteiger partial charge in [-0.25, -0.2) is 0 Å². The molecular weight excluding hydrogens is 226 g/mol. The average molecular weight is 245 g/mol. The molecule has 1 N–H and O–H groups in total. The van der Waals surface area contributed by atoms with E-state index in [4.69, 9.17) is 0 Å². The van der Waals surface area contributed by atoms with Crippen LogP contribution < -0.4 is 0 Å². The van der Waals surface area contributed by atoms with E-state index in [2.05, 4.69) is 17.0 Å². The lowest BCUT2D eigenvalue weighted by Crippen LogP contribution is -2.39. The lowest BCUT2D eigenvalue weighted by Gasteiger charge is -2.24. The fraction of sp³-hybridized carbons (Fsp3) is 0.533. The van der Waals surface area contributed by atoms with Gasteiger partial charge in [0.1, 0.15) is 6.04 Å². The molecule has 1 aromatic carbocycles. The molecule has 3 atom stereocenters. The van der Waals surface area contributed by atoms with E-state index in [9.17, 15) is 9.90 Å². The number of rotatable bonds is 3. The summed E-state index contributed by atoms with van der Waals surface area (Å²) in [6.07, 6.45) is 3.50. The van der Waals surface area contributed by atoms with Gasteiger partial charge in [-0.05, 0) is 30.2 Å². The second-order valence-electron chi connectivity index (χ2n) is 5.55. The van der Waals surface area contributed by atoms with Crippen LogP contribution in [0.4, 0.5) is 0 Å². The van der Waals surface area contributed by atoms with E-state index in [1.54, 1.807) is 0 Å². The highest BCUT2D eigenvalue weighted by Crippen LogP contribution is 2.42. The Labute approximate surface area is 107 Å². The first-order chi connectivity index (χ1) is 8.75. The Bertz CT molecular complexity index is 431. The van der Waals surface area contributed by atoms with Gasteiger partial charge in [-0.3, -0.25) is 9.69 Å². The molecule has 0 spiro atoms. The van der Waals surface area contributed by atoms with Gasteiger partial charge >= 0.3 is 5.97 Å². The first-order valence-corrected chi connectivity index (χ1v) is 6.76. The van der Waals surface area contributed by atoms with Crippen molar-refractivity contribution in [2.75, 3.05) is 6.54 Å². The van der Waals surface area contributed by atoms with Crippen molar-refractivity contribution >= 4 is 5.97 Å². The van der Waals surface area contributed by atoms with Crippen LogP contribution in [0.5, 0.6) is 0 Å². The molecule has 0 amide bonds. The van der Waals surface area contributed by atoms with Gasteiger partial charge in [0.05, 0.1) is 0 Å². The minimum atomic E-state index is -0.639. The number of carboxylic acids is 1. The molecule has 3 unspecified atom stereocenters. The molecule has 0 bridgehead atoms. The zero-order chi connectivity index (χ0) is 12.5. The van der Waals surface area contributed by atoms with Gasteiger partial charge in [0.15, 0.2) is 0 Å². The van der Waals surface area contributed by atoms with Crippen molar-refractivity contribution in [3.8, 4) is 0 Å². The van der Waals surface area contributed by atoms with Gasteiger partial charge in [0, 0.05) is 13.1 Å². The molecule has 0 aromatic heterocycles. The third-order valence-corrected chi connectivity index (χ3v) is 4.47. The SMILES string of the molecule is O=C(O)C1C2CCCC2CN1Cc1ccccc1. The zero-order valence-electron chi connectivity index (χ0n) is 10.5. The van der Waals surface area contributed by atoms with Crippen LogP contribution in [-0.4, -0.2) is 28.6 Å². The summed E-state index contributed by atoms with van der Waals surface area (Å²) in [7, 11) is 0. The van der Waals surface area contributed by atoms with Crippen molar-refractivity contribution in [2.45, 2.75) is 31.8 Å². The van der Waals surface area contributed by atoms with E-state index in [0.29, 0.717) is 11.8 Å². The minimum Gasteiger partial charge on any atom is -0.480 e. The smallest absolute Gasteiger partial charge is 0.321 e. The number of hydrogen-bond acceptors (Lipinski definition) is 2. The van der Waals surface area contributed by atoms with E-state index >= 15 is 0 Å². The number of fused-ring (bicyclic) bond motifs is 1. The molecule has 1 aromatic rings. The van der Waals surface area contributed by atoms with Crippen LogP contribution in [0.25, 0.3) is 0 Å². The highest BCUT2D eigenvalue weighted by Gasteiger charge is 2.47. The Hall–Kier alpha value is -1.35. The van der Waals surface area contributed by atoms with E-state index < -0.39 is 5.97 Å². The molecule has 2 aliphatic rings. The Morgan fingerprint density at radius 1 is 1.28 bits per heavy atom. The first-order valence-electron chi connectivity index (χ1n) is 6.76. The molecule has 1 aliphatic heterocycles. The Morgan fingerprint density at radius 2 is 2.06 bits per heavy atom. The fourth-order valence-corrected chi connectivity index (χ4v) is 3.71. The van der Waals surface area contributed by atoms with Crippen molar-refractivity contribution in [1.82, 2.24) is 4.90 Å². The van der Waals surface area contributed by atoms with Crippen LogP contribution in [0.2, 0.25) is 0 Å². The Balaban J connectivity index is 1.77. The third-order valence-electron chi connectivity index (χ3n) is 4.47. The van der Waals surface area contributed by atoms with Crippen LogP contribution in [0, 0.1) is 11.8 Å². The van der Waals surface area contributed by atoms with Gasteiger partial charge in [0.2, 0.25) is 0 Å². The molecule has 0 radical (unpaired) electrons. The largest absolute Gasteiger partial charge is 0.480 e. The predicted octanol–water partition coefficient (Wildman–Crippen LogP) is 2.37. The first kappa shape index (κ1) is 11.7. The maximum absolute atomic E-state index is 11.5. The monoisotopic (exact) mass is 245 g/mol. The van der Waals surface area contributed by atoms with Crippen LogP contribution in [0.15, 0.2) is 30.3 Å². The van der Waals surface area contributed by atoms with Crippen molar-refractivity contribution < 1.29 is 9.90 Å². The lowest BCUT2D eigenvalue weighted by molar-refractivity contribution is -0.143. The number of aliphatic carboxylic acids is 1. The molecule has 1 saturated heterocycles. The van der Waals surface area contributed by atoms with E-state index in [1.807, 2.05) is 18.2 Å². The maximum Gasteiger partial charge on any atom is 0.321 e. The third kappa shape index (κ3) is 2.03. The van der Waals surface area contributed by atoms with Crippen LogP contribution >= 0.6 is 0 Å². The van der Waals surface area contributed by atoms with E-state index in [1.165, 1.54) is 18.4 Å². The molecule has 2 fully saturated rings. The van der Waals surface area contributed by atoms with Gasteiger partial charge < -0.3 is 5.11 Å². The summed E-state index contributed by atoms with van der Waals surface area (Å²) < 4.78 is 0. The molecule has 1 saturated carbocycles. The highest BCUT2D eigenvalue weighted by atomic mass is 16.4. The van der Waals surface area contributed by atoms with Crippen molar-refractivity contribution in [3.05, 3.63) is 35.9 Å². The topological polar surface area (TPSA) is 40.5 Å². The number of nitrogens with zero attached hydrogens (tertiary/aromatic N) is 1. The average Bonchev–Trinajstić information content (AvgIpc) is 2.89. The molecule has 1 heterocycles. The van der Waals surface area contributed by atoms with E-state index in [0.717, 1.165) is 19.5 Å². The maximum atomic E-state index is 11.5. The summed E-state index contributed by atoms with van der Waals surface area (Å²) in [5.74, 6) is 0.348. The Morgan fingerprint density at radius 3 is 2.78 bits per heavy atom. The molecule has 18 heavy (non-hydrogen) atoms. The van der Waals surface area contributed by atoms with Crippen molar-refractivity contribution in [2.24, 2.45) is 11.8 Å². The Kier molecular flexibility index (Phi) is 3.08. The molecule has 3 nitrogen and oxygen atoms in total. The quantitative estimate of drug-likeness (QED) is 0.888. The summed E-state index contributed by atoms with van der Waals surface area (Å²) in [6.45, 7) is 1.72. The van der Waals surface area contributed by atoms with Crippen molar-refractivity contribution in [3.63, 3.8) is 0 Å². The van der Waals surface area contributed by atoms with E-state index in [-0.39, 0.29) is 6.04 Å². The minimum absolute atomic E-state index is 0.266. The van der Waals surface area contributed by atoms with Crippen LogP contribution in [0.1, 0.15) is 24.8 Å².